The summed E-state index contributed by atoms with van der Waals surface area (Å²) >= 11 is 0. The molecule has 0 saturated carbocycles. The molecule has 1 aromatic heterocycles. The van der Waals surface area contributed by atoms with E-state index in [9.17, 15) is 4.79 Å². The third kappa shape index (κ3) is 5.04. The van der Waals surface area contributed by atoms with Crippen LogP contribution < -0.4 is 10.6 Å². The third-order valence-electron chi connectivity index (χ3n) is 4.00. The van der Waals surface area contributed by atoms with Gasteiger partial charge in [-0.3, -0.25) is 0 Å². The number of anilines is 3. The summed E-state index contributed by atoms with van der Waals surface area (Å²) in [6, 6.07) is 19.2. The monoisotopic (exact) mass is 362 g/mol. The van der Waals surface area contributed by atoms with Gasteiger partial charge in [0, 0.05) is 17.8 Å². The largest absolute Gasteiger partial charge is 0.462 e. The van der Waals surface area contributed by atoms with Crippen LogP contribution >= 0.6 is 0 Å². The predicted octanol–water partition coefficient (Wildman–Crippen LogP) is 4.57. The Morgan fingerprint density at radius 1 is 1.04 bits per heavy atom. The van der Waals surface area contributed by atoms with Crippen LogP contribution in [0.1, 0.15) is 35.8 Å². The number of carbonyl (C=O) groups is 1. The highest BCUT2D eigenvalue weighted by Crippen LogP contribution is 2.21. The van der Waals surface area contributed by atoms with Crippen LogP contribution in [0.5, 0.6) is 0 Å². The minimum absolute atomic E-state index is 0.123. The molecule has 0 saturated heterocycles. The molecule has 2 N–H and O–H groups in total. The average molecular weight is 362 g/mol. The van der Waals surface area contributed by atoms with Crippen molar-refractivity contribution >= 4 is 23.3 Å². The zero-order valence-corrected chi connectivity index (χ0v) is 15.3. The smallest absolute Gasteiger partial charge is 0.338 e. The topological polar surface area (TPSA) is 76.1 Å². The lowest BCUT2D eigenvalue weighted by Crippen LogP contribution is -2.08. The second kappa shape index (κ2) is 8.80. The van der Waals surface area contributed by atoms with Crippen molar-refractivity contribution in [1.82, 2.24) is 9.97 Å². The van der Waals surface area contributed by atoms with Crippen molar-refractivity contribution in [2.75, 3.05) is 17.2 Å². The number of esters is 1. The van der Waals surface area contributed by atoms with E-state index in [1.54, 1.807) is 19.1 Å². The van der Waals surface area contributed by atoms with Crippen LogP contribution in [0.3, 0.4) is 0 Å². The molecule has 0 radical (unpaired) electrons. The van der Waals surface area contributed by atoms with Crippen molar-refractivity contribution in [1.29, 1.82) is 0 Å². The number of nitrogens with zero attached hydrogens (tertiary/aromatic N) is 2. The van der Waals surface area contributed by atoms with E-state index in [4.69, 9.17) is 4.74 Å². The van der Waals surface area contributed by atoms with Crippen LogP contribution in [0.4, 0.5) is 17.3 Å². The second-order valence-electron chi connectivity index (χ2n) is 5.99. The van der Waals surface area contributed by atoms with Gasteiger partial charge in [0.25, 0.3) is 0 Å². The Bertz CT molecular complexity index is 882. The van der Waals surface area contributed by atoms with Crippen LogP contribution in [-0.2, 0) is 4.74 Å². The summed E-state index contributed by atoms with van der Waals surface area (Å²) in [4.78, 5) is 20.2. The van der Waals surface area contributed by atoms with Crippen molar-refractivity contribution in [3.63, 3.8) is 0 Å². The van der Waals surface area contributed by atoms with E-state index < -0.39 is 0 Å². The molecule has 0 aliphatic heterocycles. The quantitative estimate of drug-likeness (QED) is 0.600. The van der Waals surface area contributed by atoms with Gasteiger partial charge < -0.3 is 15.4 Å². The maximum absolute atomic E-state index is 11.7. The summed E-state index contributed by atoms with van der Waals surface area (Å²) in [7, 11) is 0. The first-order valence-electron chi connectivity index (χ1n) is 8.83. The standard InChI is InChI=1S/C21H22N4O2/c1-3-27-21(26)17-9-11-18(12-10-17)25-20-13-19(22-14-23-20)24-15(2)16-7-5-4-6-8-16/h4-15H,3H2,1-2H3,(H2,22,23,24,25). The van der Waals surface area contributed by atoms with E-state index >= 15 is 0 Å². The van der Waals surface area contributed by atoms with Gasteiger partial charge in [-0.05, 0) is 43.7 Å². The van der Waals surface area contributed by atoms with Crippen molar-refractivity contribution in [3.8, 4) is 0 Å². The minimum Gasteiger partial charge on any atom is -0.462 e. The van der Waals surface area contributed by atoms with Crippen molar-refractivity contribution < 1.29 is 9.53 Å². The lowest BCUT2D eigenvalue weighted by atomic mass is 10.1. The lowest BCUT2D eigenvalue weighted by molar-refractivity contribution is 0.0526. The molecule has 0 aliphatic carbocycles. The number of ether oxygens (including phenoxy) is 1. The predicted molar refractivity (Wildman–Crippen MR) is 106 cm³/mol. The Labute approximate surface area is 158 Å². The Morgan fingerprint density at radius 3 is 2.44 bits per heavy atom. The molecular weight excluding hydrogens is 340 g/mol. The first kappa shape index (κ1) is 18.4. The number of rotatable bonds is 7. The molecular formula is C21H22N4O2. The summed E-state index contributed by atoms with van der Waals surface area (Å²) in [5.74, 6) is 1.07. The van der Waals surface area contributed by atoms with Crippen LogP contribution in [0.15, 0.2) is 67.0 Å². The van der Waals surface area contributed by atoms with Gasteiger partial charge in [-0.25, -0.2) is 14.8 Å². The van der Waals surface area contributed by atoms with Crippen molar-refractivity contribution in [2.24, 2.45) is 0 Å². The minimum atomic E-state index is -0.326. The average Bonchev–Trinajstić information content (AvgIpc) is 2.70. The fraction of sp³-hybridized carbons (Fsp3) is 0.190. The van der Waals surface area contributed by atoms with Crippen LogP contribution in [0.2, 0.25) is 0 Å². The van der Waals surface area contributed by atoms with Gasteiger partial charge >= 0.3 is 5.97 Å². The van der Waals surface area contributed by atoms with Gasteiger partial charge in [0.1, 0.15) is 18.0 Å². The molecule has 0 bridgehead atoms. The number of nitrogens with one attached hydrogen (secondary N) is 2. The number of hydrogen-bond acceptors (Lipinski definition) is 6. The number of aromatic nitrogens is 2. The van der Waals surface area contributed by atoms with Gasteiger partial charge in [0.2, 0.25) is 0 Å². The Hall–Kier alpha value is -3.41. The van der Waals surface area contributed by atoms with E-state index in [1.807, 2.05) is 36.4 Å². The summed E-state index contributed by atoms with van der Waals surface area (Å²) in [6.07, 6.45) is 1.51. The SMILES string of the molecule is CCOC(=O)c1ccc(Nc2cc(NC(C)c3ccccc3)ncn2)cc1. The Morgan fingerprint density at radius 2 is 1.74 bits per heavy atom. The molecule has 0 spiro atoms. The third-order valence-corrected chi connectivity index (χ3v) is 4.00. The Kier molecular flexibility index (Phi) is 5.99. The normalized spacial score (nSPS) is 11.5. The van der Waals surface area contributed by atoms with Gasteiger partial charge in [-0.15, -0.1) is 0 Å². The molecule has 6 heteroatoms. The lowest BCUT2D eigenvalue weighted by Gasteiger charge is -2.15. The fourth-order valence-corrected chi connectivity index (χ4v) is 2.60. The molecule has 27 heavy (non-hydrogen) atoms. The fourth-order valence-electron chi connectivity index (χ4n) is 2.60. The van der Waals surface area contributed by atoms with E-state index in [0.717, 1.165) is 11.5 Å². The van der Waals surface area contributed by atoms with Crippen molar-refractivity contribution in [2.45, 2.75) is 19.9 Å². The molecule has 0 aliphatic rings. The van der Waals surface area contributed by atoms with Gasteiger partial charge in [0.15, 0.2) is 0 Å². The summed E-state index contributed by atoms with van der Waals surface area (Å²) < 4.78 is 4.99. The molecule has 1 heterocycles. The first-order chi connectivity index (χ1) is 13.2. The van der Waals surface area contributed by atoms with Crippen LogP contribution in [0.25, 0.3) is 0 Å². The zero-order chi connectivity index (χ0) is 19.1. The van der Waals surface area contributed by atoms with Crippen LogP contribution in [-0.4, -0.2) is 22.5 Å². The van der Waals surface area contributed by atoms with Crippen LogP contribution in [0, 0.1) is 0 Å². The molecule has 0 amide bonds. The highest BCUT2D eigenvalue weighted by Gasteiger charge is 2.08. The molecule has 6 nitrogen and oxygen atoms in total. The Balaban J connectivity index is 1.66. The molecule has 2 aromatic carbocycles. The number of hydrogen-bond donors (Lipinski definition) is 2. The van der Waals surface area contributed by atoms with E-state index in [0.29, 0.717) is 18.0 Å². The van der Waals surface area contributed by atoms with Gasteiger partial charge in [0.05, 0.1) is 12.2 Å². The second-order valence-corrected chi connectivity index (χ2v) is 5.99. The van der Waals surface area contributed by atoms with Crippen molar-refractivity contribution in [3.05, 3.63) is 78.1 Å². The van der Waals surface area contributed by atoms with E-state index in [1.165, 1.54) is 11.9 Å². The van der Waals surface area contributed by atoms with E-state index in [2.05, 4.69) is 39.7 Å². The summed E-state index contributed by atoms with van der Waals surface area (Å²) in [6.45, 7) is 4.23. The molecule has 3 rings (SSSR count). The van der Waals surface area contributed by atoms with Gasteiger partial charge in [-0.1, -0.05) is 30.3 Å². The maximum Gasteiger partial charge on any atom is 0.338 e. The van der Waals surface area contributed by atoms with E-state index in [-0.39, 0.29) is 12.0 Å². The summed E-state index contributed by atoms with van der Waals surface area (Å²) in [5, 5.41) is 6.58. The zero-order valence-electron chi connectivity index (χ0n) is 15.3. The highest BCUT2D eigenvalue weighted by molar-refractivity contribution is 5.89. The molecule has 0 fully saturated rings. The maximum atomic E-state index is 11.7. The number of benzene rings is 2. The first-order valence-corrected chi connectivity index (χ1v) is 8.83. The summed E-state index contributed by atoms with van der Waals surface area (Å²) in [5.41, 5.74) is 2.52. The highest BCUT2D eigenvalue weighted by atomic mass is 16.5. The molecule has 1 atom stereocenters. The molecule has 1 unspecified atom stereocenters. The number of carbonyl (C=O) groups excluding carboxylic acids is 1. The van der Waals surface area contributed by atoms with Gasteiger partial charge in [-0.2, -0.15) is 0 Å². The molecule has 138 valence electrons. The molecule has 3 aromatic rings.